The molecule has 1 aliphatic heterocycles. The van der Waals surface area contributed by atoms with E-state index in [0.717, 1.165) is 29.9 Å². The van der Waals surface area contributed by atoms with Crippen molar-refractivity contribution in [2.24, 2.45) is 0 Å². The van der Waals surface area contributed by atoms with Crippen LogP contribution >= 0.6 is 0 Å². The molecule has 1 fully saturated rings. The molecule has 1 atom stereocenters. The first-order valence-corrected chi connectivity index (χ1v) is 10.6. The van der Waals surface area contributed by atoms with E-state index in [4.69, 9.17) is 4.98 Å². The molecule has 0 bridgehead atoms. The van der Waals surface area contributed by atoms with Gasteiger partial charge in [0, 0.05) is 11.8 Å². The van der Waals surface area contributed by atoms with Crippen molar-refractivity contribution < 1.29 is 5.11 Å². The largest absolute Gasteiger partial charge is 0.507 e. The maximum Gasteiger partial charge on any atom is 0.124 e. The summed E-state index contributed by atoms with van der Waals surface area (Å²) in [6.07, 6.45) is 5.55. The standard InChI is InChI=1S/C25H36N2O/c1-24(2,3)18-16-19(23(28)20(17-18)25(4,5)6)22(21-12-8-9-13-26-21)27-14-10-7-11-15-27/h8-9,12-13,16-17,22,28H,7,10-11,14-15H2,1-6H3. The van der Waals surface area contributed by atoms with E-state index in [9.17, 15) is 5.11 Å². The second-order valence-electron chi connectivity index (χ2n) is 10.2. The van der Waals surface area contributed by atoms with Crippen LogP contribution in [0.15, 0.2) is 36.5 Å². The average Bonchev–Trinajstić information content (AvgIpc) is 2.63. The van der Waals surface area contributed by atoms with Crippen LogP contribution in [-0.4, -0.2) is 28.1 Å². The van der Waals surface area contributed by atoms with E-state index in [1.807, 2.05) is 12.3 Å². The predicted molar refractivity (Wildman–Crippen MR) is 117 cm³/mol. The molecule has 152 valence electrons. The SMILES string of the molecule is CC(C)(C)c1cc(C(c2ccccn2)N2CCCCC2)c(O)c(C(C)(C)C)c1. The number of phenolic OH excluding ortho intramolecular Hbond substituents is 1. The Bertz CT molecular complexity index is 794. The summed E-state index contributed by atoms with van der Waals surface area (Å²) < 4.78 is 0. The Kier molecular flexibility index (Phi) is 5.86. The molecule has 3 rings (SSSR count). The van der Waals surface area contributed by atoms with Gasteiger partial charge < -0.3 is 5.11 Å². The van der Waals surface area contributed by atoms with Gasteiger partial charge in [0.05, 0.1) is 11.7 Å². The third-order valence-electron chi connectivity index (χ3n) is 5.83. The summed E-state index contributed by atoms with van der Waals surface area (Å²) in [5.41, 5.74) is 4.19. The van der Waals surface area contributed by atoms with Gasteiger partial charge in [0.15, 0.2) is 0 Å². The molecule has 1 N–H and O–H groups in total. The maximum absolute atomic E-state index is 11.4. The van der Waals surface area contributed by atoms with Crippen molar-refractivity contribution >= 4 is 0 Å². The lowest BCUT2D eigenvalue weighted by atomic mass is 9.77. The summed E-state index contributed by atoms with van der Waals surface area (Å²) >= 11 is 0. The lowest BCUT2D eigenvalue weighted by Gasteiger charge is -2.37. The van der Waals surface area contributed by atoms with Crippen molar-refractivity contribution in [3.8, 4) is 5.75 Å². The molecule has 3 heteroatoms. The highest BCUT2D eigenvalue weighted by atomic mass is 16.3. The number of nitrogens with zero attached hydrogens (tertiary/aromatic N) is 2. The van der Waals surface area contributed by atoms with Gasteiger partial charge in [0.2, 0.25) is 0 Å². The second kappa shape index (κ2) is 7.87. The predicted octanol–water partition coefficient (Wildman–Crippen LogP) is 5.96. The minimum Gasteiger partial charge on any atom is -0.507 e. The molecule has 1 aromatic heterocycles. The number of pyridine rings is 1. The van der Waals surface area contributed by atoms with E-state index in [1.165, 1.54) is 24.8 Å². The summed E-state index contributed by atoms with van der Waals surface area (Å²) in [4.78, 5) is 7.20. The lowest BCUT2D eigenvalue weighted by Crippen LogP contribution is -2.35. The number of rotatable bonds is 3. The first-order chi connectivity index (χ1) is 13.1. The summed E-state index contributed by atoms with van der Waals surface area (Å²) in [5.74, 6) is 0.432. The number of benzene rings is 1. The van der Waals surface area contributed by atoms with Crippen LogP contribution in [0.1, 0.15) is 89.2 Å². The van der Waals surface area contributed by atoms with E-state index in [0.29, 0.717) is 5.75 Å². The van der Waals surface area contributed by atoms with Gasteiger partial charge in [-0.2, -0.15) is 0 Å². The van der Waals surface area contributed by atoms with Gasteiger partial charge in [-0.1, -0.05) is 60.1 Å². The summed E-state index contributed by atoms with van der Waals surface area (Å²) in [6.45, 7) is 15.3. The molecule has 1 saturated heterocycles. The number of likely N-dealkylation sites (tertiary alicyclic amines) is 1. The van der Waals surface area contributed by atoms with Crippen LogP contribution in [0.4, 0.5) is 0 Å². The van der Waals surface area contributed by atoms with Crippen molar-refractivity contribution in [2.45, 2.75) is 77.7 Å². The fourth-order valence-electron chi connectivity index (χ4n) is 4.13. The highest BCUT2D eigenvalue weighted by molar-refractivity contribution is 5.51. The van der Waals surface area contributed by atoms with Crippen molar-refractivity contribution in [1.29, 1.82) is 0 Å². The highest BCUT2D eigenvalue weighted by Gasteiger charge is 2.32. The van der Waals surface area contributed by atoms with Crippen LogP contribution < -0.4 is 0 Å². The molecule has 1 aliphatic rings. The Morgan fingerprint density at radius 2 is 1.61 bits per heavy atom. The molecule has 0 spiro atoms. The molecule has 2 heterocycles. The van der Waals surface area contributed by atoms with Crippen molar-refractivity contribution in [2.75, 3.05) is 13.1 Å². The average molecular weight is 381 g/mol. The summed E-state index contributed by atoms with van der Waals surface area (Å²) in [7, 11) is 0. The van der Waals surface area contributed by atoms with Crippen LogP contribution in [-0.2, 0) is 10.8 Å². The first-order valence-electron chi connectivity index (χ1n) is 10.6. The lowest BCUT2D eigenvalue weighted by molar-refractivity contribution is 0.181. The van der Waals surface area contributed by atoms with Gasteiger partial charge in [-0.15, -0.1) is 0 Å². The highest BCUT2D eigenvalue weighted by Crippen LogP contribution is 2.43. The molecule has 0 saturated carbocycles. The third-order valence-corrected chi connectivity index (χ3v) is 5.83. The van der Waals surface area contributed by atoms with Crippen LogP contribution in [0.5, 0.6) is 5.75 Å². The number of aromatic nitrogens is 1. The summed E-state index contributed by atoms with van der Waals surface area (Å²) in [6, 6.07) is 10.5. The normalized spacial score (nSPS) is 17.5. The number of hydrogen-bond acceptors (Lipinski definition) is 3. The second-order valence-corrected chi connectivity index (χ2v) is 10.2. The zero-order valence-corrected chi connectivity index (χ0v) is 18.4. The minimum absolute atomic E-state index is 0.00935. The van der Waals surface area contributed by atoms with Crippen molar-refractivity contribution in [3.05, 3.63) is 58.9 Å². The topological polar surface area (TPSA) is 36.4 Å². The van der Waals surface area contributed by atoms with Gasteiger partial charge in [0.1, 0.15) is 5.75 Å². The van der Waals surface area contributed by atoms with Crippen LogP contribution in [0.2, 0.25) is 0 Å². The van der Waals surface area contributed by atoms with Crippen LogP contribution in [0.25, 0.3) is 0 Å². The maximum atomic E-state index is 11.4. The quantitative estimate of drug-likeness (QED) is 0.714. The van der Waals surface area contributed by atoms with Gasteiger partial charge >= 0.3 is 0 Å². The van der Waals surface area contributed by atoms with E-state index in [1.54, 1.807) is 0 Å². The third kappa shape index (κ3) is 4.41. The molecule has 0 radical (unpaired) electrons. The molecule has 28 heavy (non-hydrogen) atoms. The monoisotopic (exact) mass is 380 g/mol. The molecule has 3 nitrogen and oxygen atoms in total. The Morgan fingerprint density at radius 3 is 2.14 bits per heavy atom. The van der Waals surface area contributed by atoms with E-state index in [2.05, 4.69) is 70.7 Å². The summed E-state index contributed by atoms with van der Waals surface area (Å²) in [5, 5.41) is 11.4. The molecule has 2 aromatic rings. The Balaban J connectivity index is 2.23. The minimum atomic E-state index is -0.128. The van der Waals surface area contributed by atoms with Gasteiger partial charge in [0.25, 0.3) is 0 Å². The smallest absolute Gasteiger partial charge is 0.124 e. The Hall–Kier alpha value is -1.87. The van der Waals surface area contributed by atoms with Gasteiger partial charge in [-0.3, -0.25) is 9.88 Å². The van der Waals surface area contributed by atoms with Crippen molar-refractivity contribution in [3.63, 3.8) is 0 Å². The van der Waals surface area contributed by atoms with Crippen LogP contribution in [0.3, 0.4) is 0 Å². The molecule has 0 amide bonds. The number of hydrogen-bond donors (Lipinski definition) is 1. The Morgan fingerprint density at radius 1 is 0.929 bits per heavy atom. The van der Waals surface area contributed by atoms with E-state index in [-0.39, 0.29) is 16.9 Å². The van der Waals surface area contributed by atoms with E-state index < -0.39 is 0 Å². The zero-order valence-electron chi connectivity index (χ0n) is 18.4. The molecule has 1 aromatic carbocycles. The molecular weight excluding hydrogens is 344 g/mol. The Labute approximate surface area is 170 Å². The molecule has 0 aliphatic carbocycles. The van der Waals surface area contributed by atoms with Gasteiger partial charge in [-0.25, -0.2) is 0 Å². The zero-order chi connectivity index (χ0) is 20.5. The van der Waals surface area contributed by atoms with Gasteiger partial charge in [-0.05, 0) is 66.1 Å². The first kappa shape index (κ1) is 20.9. The number of piperidine rings is 1. The molecule has 1 unspecified atom stereocenters. The van der Waals surface area contributed by atoms with Crippen molar-refractivity contribution in [1.82, 2.24) is 9.88 Å². The molecular formula is C25H36N2O. The number of phenols is 1. The number of aromatic hydroxyl groups is 1. The van der Waals surface area contributed by atoms with E-state index >= 15 is 0 Å². The fraction of sp³-hybridized carbons (Fsp3) is 0.560. The fourth-order valence-corrected chi connectivity index (χ4v) is 4.13. The van der Waals surface area contributed by atoms with Crippen LogP contribution in [0, 0.1) is 0 Å².